The van der Waals surface area contributed by atoms with E-state index in [9.17, 15) is 0 Å². The molecule has 1 aliphatic carbocycles. The molecule has 9 aliphatic rings. The number of fused-ring (bicyclic) bond motifs is 3. The Morgan fingerprint density at radius 3 is 1.31 bits per heavy atom. The summed E-state index contributed by atoms with van der Waals surface area (Å²) in [6.07, 6.45) is 10.2. The molecule has 4 amide bonds. The van der Waals surface area contributed by atoms with Gasteiger partial charge in [0.15, 0.2) is 11.6 Å². The molecule has 6 atom stereocenters. The summed E-state index contributed by atoms with van der Waals surface area (Å²) >= 11 is 0. The van der Waals surface area contributed by atoms with Crippen molar-refractivity contribution in [3.05, 3.63) is 103 Å². The number of nitrogens with zero attached hydrogens (tertiary/aromatic N) is 15. The molecular weight excluding hydrogens is 1120 g/mol. The van der Waals surface area contributed by atoms with Crippen molar-refractivity contribution in [2.24, 2.45) is 0 Å². The molecule has 15 rings (SSSR count). The Balaban J connectivity index is 0.825. The van der Waals surface area contributed by atoms with Crippen LogP contribution in [0.3, 0.4) is 0 Å². The summed E-state index contributed by atoms with van der Waals surface area (Å²) in [5.74, 6) is 3.61. The van der Waals surface area contributed by atoms with E-state index in [1.165, 1.54) is 28.4 Å². The Kier molecular flexibility index (Phi) is 16.5. The highest BCUT2D eigenvalue weighted by Gasteiger charge is 2.41. The van der Waals surface area contributed by atoms with E-state index in [-0.39, 0.29) is 41.7 Å². The predicted octanol–water partition coefficient (Wildman–Crippen LogP) is 10.3. The number of amides is 4. The molecular formula is C68H87N17O4. The highest BCUT2D eigenvalue weighted by atomic mass is 16.5. The summed E-state index contributed by atoms with van der Waals surface area (Å²) in [5, 5.41) is 9.35. The highest BCUT2D eigenvalue weighted by Crippen LogP contribution is 2.44. The topological polar surface area (TPSA) is 183 Å². The molecule has 4 aromatic carbocycles. The van der Waals surface area contributed by atoms with E-state index in [1.54, 1.807) is 0 Å². The van der Waals surface area contributed by atoms with Gasteiger partial charge in [0.05, 0.1) is 49.9 Å². The lowest BCUT2D eigenvalue weighted by molar-refractivity contribution is 0.0818. The Bertz CT molecular complexity index is 3430. The van der Waals surface area contributed by atoms with Gasteiger partial charge in [0, 0.05) is 97.7 Å². The molecule has 6 unspecified atom stereocenters. The maximum Gasteiger partial charge on any atom is 0.345 e. The van der Waals surface area contributed by atoms with Crippen molar-refractivity contribution in [2.75, 3.05) is 130 Å². The first-order chi connectivity index (χ1) is 43.3. The SMILES string of the molecule is CC1COCCN1c1nc(-c2ccc(NC(=O)N(c3ccc(N4CCN(C5CC5)CC4)cc3)N(C(=O)Nc3ccc(C45CCN(CC4)CC5)cc3)c3ccc(-c4nc(N5CCOCC5C)nc(N5C(C)CCC5C)n4)cc3)cc2)nc(N2C(C)CCC2C)n1. The minimum absolute atomic E-state index is 0.0712. The number of carbonyl (C=O) groups excluding carboxylic acids is 2. The summed E-state index contributed by atoms with van der Waals surface area (Å²) in [6.45, 7) is 24.1. The van der Waals surface area contributed by atoms with Crippen LogP contribution in [0.25, 0.3) is 22.8 Å². The summed E-state index contributed by atoms with van der Waals surface area (Å²) in [5.41, 5.74) is 6.10. The van der Waals surface area contributed by atoms with E-state index in [0.29, 0.717) is 104 Å². The number of hydrogen-bond acceptors (Lipinski definition) is 17. The number of anilines is 9. The summed E-state index contributed by atoms with van der Waals surface area (Å²) in [6, 6.07) is 32.5. The van der Waals surface area contributed by atoms with Crippen molar-refractivity contribution in [2.45, 2.75) is 147 Å². The number of piperazine rings is 1. The summed E-state index contributed by atoms with van der Waals surface area (Å²) in [7, 11) is 0. The largest absolute Gasteiger partial charge is 0.377 e. The molecule has 21 heteroatoms. The second-order valence-corrected chi connectivity index (χ2v) is 26.4. The molecule has 89 heavy (non-hydrogen) atoms. The third-order valence-corrected chi connectivity index (χ3v) is 20.5. The van der Waals surface area contributed by atoms with Gasteiger partial charge in [-0.2, -0.15) is 39.9 Å². The molecule has 21 nitrogen and oxygen atoms in total. The second kappa shape index (κ2) is 24.9. The first-order valence-corrected chi connectivity index (χ1v) is 32.9. The van der Waals surface area contributed by atoms with E-state index >= 15 is 9.59 Å². The number of hydrazine groups is 1. The predicted molar refractivity (Wildman–Crippen MR) is 352 cm³/mol. The van der Waals surface area contributed by atoms with Gasteiger partial charge in [-0.25, -0.2) is 9.59 Å². The number of morpholine rings is 2. The van der Waals surface area contributed by atoms with Gasteiger partial charge < -0.3 is 49.5 Å². The Morgan fingerprint density at radius 1 is 0.461 bits per heavy atom. The van der Waals surface area contributed by atoms with Crippen LogP contribution in [-0.4, -0.2) is 179 Å². The zero-order valence-corrected chi connectivity index (χ0v) is 52.7. The number of hydrogen-bond donors (Lipinski definition) is 2. The number of urea groups is 2. The second-order valence-electron chi connectivity index (χ2n) is 26.4. The minimum Gasteiger partial charge on any atom is -0.377 e. The van der Waals surface area contributed by atoms with Crippen LogP contribution in [0.5, 0.6) is 0 Å². The van der Waals surface area contributed by atoms with Gasteiger partial charge in [-0.15, -0.1) is 0 Å². The Morgan fingerprint density at radius 2 is 0.876 bits per heavy atom. The van der Waals surface area contributed by atoms with Crippen molar-refractivity contribution < 1.29 is 19.1 Å². The fraction of sp³-hybridized carbons (Fsp3) is 0.529. The van der Waals surface area contributed by atoms with Gasteiger partial charge >= 0.3 is 12.1 Å². The van der Waals surface area contributed by atoms with E-state index in [0.717, 1.165) is 108 Å². The lowest BCUT2D eigenvalue weighted by Crippen LogP contribution is -2.54. The summed E-state index contributed by atoms with van der Waals surface area (Å²) in [4.78, 5) is 78.8. The molecule has 2 bridgehead atoms. The third-order valence-electron chi connectivity index (χ3n) is 20.5. The molecule has 6 aromatic rings. The number of benzene rings is 4. The molecule has 9 fully saturated rings. The smallest absolute Gasteiger partial charge is 0.345 e. The molecule has 2 N–H and O–H groups in total. The van der Waals surface area contributed by atoms with Gasteiger partial charge in [0.1, 0.15) is 0 Å². The monoisotopic (exact) mass is 1210 g/mol. The molecule has 8 aliphatic heterocycles. The molecule has 0 spiro atoms. The van der Waals surface area contributed by atoms with Gasteiger partial charge in [0.25, 0.3) is 0 Å². The van der Waals surface area contributed by atoms with Crippen LogP contribution in [0.2, 0.25) is 0 Å². The lowest BCUT2D eigenvalue weighted by Gasteiger charge is -2.48. The molecule has 1 saturated carbocycles. The average Bonchev–Trinajstić information content (AvgIpc) is 1.92. The van der Waals surface area contributed by atoms with Gasteiger partial charge in [-0.05, 0) is 215 Å². The first kappa shape index (κ1) is 58.9. The van der Waals surface area contributed by atoms with Crippen molar-refractivity contribution in [3.63, 3.8) is 0 Å². The number of carbonyl (C=O) groups is 2. The summed E-state index contributed by atoms with van der Waals surface area (Å²) < 4.78 is 11.7. The van der Waals surface area contributed by atoms with E-state index in [4.69, 9.17) is 39.4 Å². The molecule has 0 radical (unpaired) electrons. The molecule has 2 aromatic heterocycles. The van der Waals surface area contributed by atoms with Crippen LogP contribution in [0.1, 0.15) is 105 Å². The maximum atomic E-state index is 15.7. The normalized spacial score (nSPS) is 26.4. The number of piperidine rings is 3. The van der Waals surface area contributed by atoms with Crippen molar-refractivity contribution in [1.82, 2.24) is 39.7 Å². The number of rotatable bonds is 13. The molecule has 468 valence electrons. The van der Waals surface area contributed by atoms with Crippen LogP contribution in [0, 0.1) is 0 Å². The van der Waals surface area contributed by atoms with Gasteiger partial charge in [0.2, 0.25) is 23.8 Å². The van der Waals surface area contributed by atoms with Crippen molar-refractivity contribution >= 4 is 64.3 Å². The number of aromatic nitrogens is 6. The Labute approximate surface area is 523 Å². The van der Waals surface area contributed by atoms with Crippen LogP contribution in [0.4, 0.5) is 61.8 Å². The Hall–Kier alpha value is -7.72. The minimum atomic E-state index is -0.552. The maximum absolute atomic E-state index is 15.7. The van der Waals surface area contributed by atoms with E-state index < -0.39 is 12.1 Å². The third kappa shape index (κ3) is 12.1. The number of nitrogens with one attached hydrogen (secondary N) is 2. The molecule has 8 saturated heterocycles. The van der Waals surface area contributed by atoms with Crippen LogP contribution >= 0.6 is 0 Å². The highest BCUT2D eigenvalue weighted by molar-refractivity contribution is 6.13. The zero-order valence-electron chi connectivity index (χ0n) is 52.7. The zero-order chi connectivity index (χ0) is 60.9. The van der Waals surface area contributed by atoms with Crippen LogP contribution in [0.15, 0.2) is 97.1 Å². The fourth-order valence-electron chi connectivity index (χ4n) is 14.9. The van der Waals surface area contributed by atoms with E-state index in [2.05, 4.69) is 111 Å². The quantitative estimate of drug-likeness (QED) is 0.104. The lowest BCUT2D eigenvalue weighted by atomic mass is 9.67. The fourth-order valence-corrected chi connectivity index (χ4v) is 14.9. The standard InChI is InChI=1S/C68H87N17O4/c1-45-7-8-46(2)82(45)64-73-60(71-62(75-64)80-39-41-88-43-49(80)5)51-11-17-54(18-12-51)69-66(86)85(59-27-25-57(26-28-59)79-37-35-78(36-38-79)56-23-24-56)84(67(87)70-55-19-15-53(16-20-55)68-29-32-77(33-30-68)34-31-68)58-21-13-52(14-22-58)61-72-63(81-40-42-89-44-50(81)6)76-65(74-61)83-47(3)9-10-48(83)4/h11-22,25-28,45-50,56H,7-10,23-24,29-44H2,1-6H3,(H,69,86)(H,70,87). The van der Waals surface area contributed by atoms with Crippen LogP contribution < -0.4 is 45.2 Å². The molecule has 10 heterocycles. The van der Waals surface area contributed by atoms with Gasteiger partial charge in [-0.1, -0.05) is 12.1 Å². The van der Waals surface area contributed by atoms with Gasteiger partial charge in [-0.3, -0.25) is 4.90 Å². The first-order valence-electron chi connectivity index (χ1n) is 32.9. The van der Waals surface area contributed by atoms with Crippen molar-refractivity contribution in [1.29, 1.82) is 0 Å². The van der Waals surface area contributed by atoms with Crippen molar-refractivity contribution in [3.8, 4) is 22.8 Å². The number of ether oxygens (including phenoxy) is 2. The van der Waals surface area contributed by atoms with Crippen LogP contribution in [-0.2, 0) is 14.9 Å². The van der Waals surface area contributed by atoms with E-state index in [1.807, 2.05) is 72.8 Å². The average molecular weight is 1210 g/mol.